The second kappa shape index (κ2) is 8.72. The van der Waals surface area contributed by atoms with Crippen LogP contribution in [0.1, 0.15) is 25.7 Å². The third-order valence-corrected chi connectivity index (χ3v) is 6.57. The van der Waals surface area contributed by atoms with Crippen LogP contribution in [0.5, 0.6) is 0 Å². The summed E-state index contributed by atoms with van der Waals surface area (Å²) >= 11 is 4.28. The van der Waals surface area contributed by atoms with Gasteiger partial charge in [0.15, 0.2) is 0 Å². The van der Waals surface area contributed by atoms with Gasteiger partial charge in [-0.2, -0.15) is 23.5 Å². The maximum Gasteiger partial charge on any atom is 0.0274 e. The standard InChI is InChI=1S/C14H28N2S2/c1-15(14-12-17-10-11-18-13-14)8-9-16-6-4-2-3-5-7-16/h14H,2-13H2,1H3. The molecule has 2 rings (SSSR count). The highest BCUT2D eigenvalue weighted by Crippen LogP contribution is 2.19. The summed E-state index contributed by atoms with van der Waals surface area (Å²) in [4.78, 5) is 5.29. The van der Waals surface area contributed by atoms with Crippen LogP contribution < -0.4 is 0 Å². The summed E-state index contributed by atoms with van der Waals surface area (Å²) in [6.45, 7) is 5.21. The minimum atomic E-state index is 0.800. The molecule has 0 aromatic rings. The maximum atomic E-state index is 2.68. The van der Waals surface area contributed by atoms with Crippen LogP contribution in [-0.2, 0) is 0 Å². The predicted molar refractivity (Wildman–Crippen MR) is 86.0 cm³/mol. The zero-order valence-electron chi connectivity index (χ0n) is 11.8. The van der Waals surface area contributed by atoms with Crippen molar-refractivity contribution >= 4 is 23.5 Å². The molecule has 2 saturated heterocycles. The topological polar surface area (TPSA) is 6.48 Å². The first-order valence-corrected chi connectivity index (χ1v) is 9.75. The van der Waals surface area contributed by atoms with Gasteiger partial charge < -0.3 is 9.80 Å². The average Bonchev–Trinajstić information content (AvgIpc) is 2.80. The fourth-order valence-electron chi connectivity index (χ4n) is 2.70. The second-order valence-electron chi connectivity index (χ2n) is 5.54. The Morgan fingerprint density at radius 1 is 1.00 bits per heavy atom. The van der Waals surface area contributed by atoms with Crippen LogP contribution in [-0.4, -0.2) is 72.1 Å². The van der Waals surface area contributed by atoms with Crippen LogP contribution in [0, 0.1) is 0 Å². The molecule has 0 aliphatic carbocycles. The first-order chi connectivity index (χ1) is 8.86. The molecule has 2 aliphatic heterocycles. The molecule has 2 fully saturated rings. The van der Waals surface area contributed by atoms with Crippen molar-refractivity contribution in [3.05, 3.63) is 0 Å². The molecule has 0 amide bonds. The number of thioether (sulfide) groups is 2. The SMILES string of the molecule is CN(CCN1CCCCCC1)C1CSCCSC1. The van der Waals surface area contributed by atoms with E-state index in [2.05, 4.69) is 40.4 Å². The molecule has 2 heterocycles. The minimum Gasteiger partial charge on any atom is -0.302 e. The van der Waals surface area contributed by atoms with Crippen molar-refractivity contribution in [3.63, 3.8) is 0 Å². The third kappa shape index (κ3) is 5.32. The molecule has 0 spiro atoms. The lowest BCUT2D eigenvalue weighted by atomic mass is 10.2. The van der Waals surface area contributed by atoms with Gasteiger partial charge in [-0.1, -0.05) is 12.8 Å². The predicted octanol–water partition coefficient (Wildman–Crippen LogP) is 2.64. The molecule has 0 atom stereocenters. The fraction of sp³-hybridized carbons (Fsp3) is 1.00. The molecule has 2 aliphatic rings. The van der Waals surface area contributed by atoms with E-state index in [1.807, 2.05) is 0 Å². The van der Waals surface area contributed by atoms with Gasteiger partial charge in [-0.3, -0.25) is 0 Å². The fourth-order valence-corrected chi connectivity index (χ4v) is 5.41. The lowest BCUT2D eigenvalue weighted by Crippen LogP contribution is -2.41. The van der Waals surface area contributed by atoms with Gasteiger partial charge in [0.1, 0.15) is 0 Å². The van der Waals surface area contributed by atoms with Gasteiger partial charge in [0.25, 0.3) is 0 Å². The normalized spacial score (nSPS) is 25.0. The van der Waals surface area contributed by atoms with E-state index in [4.69, 9.17) is 0 Å². The van der Waals surface area contributed by atoms with Crippen LogP contribution >= 0.6 is 23.5 Å². The molecule has 0 unspecified atom stereocenters. The number of hydrogen-bond donors (Lipinski definition) is 0. The van der Waals surface area contributed by atoms with Crippen LogP contribution in [0.15, 0.2) is 0 Å². The summed E-state index contributed by atoms with van der Waals surface area (Å²) < 4.78 is 0. The number of hydrogen-bond acceptors (Lipinski definition) is 4. The molecule has 0 bridgehead atoms. The van der Waals surface area contributed by atoms with Gasteiger partial charge in [0, 0.05) is 42.1 Å². The average molecular weight is 289 g/mol. The lowest BCUT2D eigenvalue weighted by Gasteiger charge is -2.29. The van der Waals surface area contributed by atoms with Crippen molar-refractivity contribution in [2.45, 2.75) is 31.7 Å². The third-order valence-electron chi connectivity index (χ3n) is 4.08. The van der Waals surface area contributed by atoms with E-state index >= 15 is 0 Å². The molecule has 18 heavy (non-hydrogen) atoms. The van der Waals surface area contributed by atoms with Crippen molar-refractivity contribution < 1.29 is 0 Å². The summed E-state index contributed by atoms with van der Waals surface area (Å²) in [5, 5.41) is 0. The Bertz CT molecular complexity index is 210. The van der Waals surface area contributed by atoms with Gasteiger partial charge in [0.2, 0.25) is 0 Å². The van der Waals surface area contributed by atoms with Crippen LogP contribution in [0.4, 0.5) is 0 Å². The second-order valence-corrected chi connectivity index (χ2v) is 7.84. The van der Waals surface area contributed by atoms with E-state index in [-0.39, 0.29) is 0 Å². The first-order valence-electron chi connectivity index (χ1n) is 7.44. The molecule has 0 saturated carbocycles. The minimum absolute atomic E-state index is 0.800. The van der Waals surface area contributed by atoms with Gasteiger partial charge in [-0.25, -0.2) is 0 Å². The van der Waals surface area contributed by atoms with Crippen molar-refractivity contribution in [2.24, 2.45) is 0 Å². The smallest absolute Gasteiger partial charge is 0.0274 e. The Morgan fingerprint density at radius 3 is 2.22 bits per heavy atom. The van der Waals surface area contributed by atoms with Gasteiger partial charge in [0.05, 0.1) is 0 Å². The maximum absolute atomic E-state index is 2.68. The largest absolute Gasteiger partial charge is 0.302 e. The van der Waals surface area contributed by atoms with Gasteiger partial charge in [-0.05, 0) is 33.0 Å². The summed E-state index contributed by atoms with van der Waals surface area (Å²) in [7, 11) is 2.33. The van der Waals surface area contributed by atoms with Gasteiger partial charge in [-0.15, -0.1) is 0 Å². The van der Waals surface area contributed by atoms with Crippen molar-refractivity contribution in [3.8, 4) is 0 Å². The molecule has 106 valence electrons. The summed E-state index contributed by atoms with van der Waals surface area (Å²) in [5.41, 5.74) is 0. The van der Waals surface area contributed by atoms with Crippen molar-refractivity contribution in [2.75, 3.05) is 56.2 Å². The highest BCUT2D eigenvalue weighted by molar-refractivity contribution is 8.03. The summed E-state index contributed by atoms with van der Waals surface area (Å²) in [6, 6.07) is 0.800. The molecule has 0 aromatic carbocycles. The van der Waals surface area contributed by atoms with Crippen molar-refractivity contribution in [1.29, 1.82) is 0 Å². The number of nitrogens with zero attached hydrogens (tertiary/aromatic N) is 2. The molecule has 0 radical (unpaired) electrons. The quantitative estimate of drug-likeness (QED) is 0.784. The monoisotopic (exact) mass is 288 g/mol. The van der Waals surface area contributed by atoms with E-state index < -0.39 is 0 Å². The Balaban J connectivity index is 1.67. The lowest BCUT2D eigenvalue weighted by molar-refractivity contribution is 0.210. The highest BCUT2D eigenvalue weighted by atomic mass is 32.2. The van der Waals surface area contributed by atoms with Crippen LogP contribution in [0.3, 0.4) is 0 Å². The van der Waals surface area contributed by atoms with E-state index in [1.165, 1.54) is 74.9 Å². The molecule has 4 heteroatoms. The molecule has 0 N–H and O–H groups in total. The van der Waals surface area contributed by atoms with Crippen molar-refractivity contribution in [1.82, 2.24) is 9.80 Å². The Hall–Kier alpha value is 0.620. The van der Waals surface area contributed by atoms with E-state index in [0.717, 1.165) is 6.04 Å². The molecule has 2 nitrogen and oxygen atoms in total. The van der Waals surface area contributed by atoms with E-state index in [0.29, 0.717) is 0 Å². The van der Waals surface area contributed by atoms with Crippen LogP contribution in [0.2, 0.25) is 0 Å². The zero-order valence-corrected chi connectivity index (χ0v) is 13.4. The Kier molecular flexibility index (Phi) is 7.28. The summed E-state index contributed by atoms with van der Waals surface area (Å²) in [6.07, 6.45) is 5.72. The number of rotatable bonds is 4. The number of likely N-dealkylation sites (N-methyl/N-ethyl adjacent to an activating group) is 1. The van der Waals surface area contributed by atoms with Gasteiger partial charge >= 0.3 is 0 Å². The van der Waals surface area contributed by atoms with E-state index in [1.54, 1.807) is 0 Å². The molecular weight excluding hydrogens is 260 g/mol. The first kappa shape index (κ1) is 15.0. The zero-order chi connectivity index (χ0) is 12.6. The van der Waals surface area contributed by atoms with E-state index in [9.17, 15) is 0 Å². The summed E-state index contributed by atoms with van der Waals surface area (Å²) in [5.74, 6) is 5.37. The number of likely N-dealkylation sites (tertiary alicyclic amines) is 1. The highest BCUT2D eigenvalue weighted by Gasteiger charge is 2.18. The Labute approximate surface area is 121 Å². The van der Waals surface area contributed by atoms with Crippen LogP contribution in [0.25, 0.3) is 0 Å². The molecule has 0 aromatic heterocycles. The molecular formula is C14H28N2S2. The Morgan fingerprint density at radius 2 is 1.61 bits per heavy atom.